The molecule has 27 heavy (non-hydrogen) atoms. The summed E-state index contributed by atoms with van der Waals surface area (Å²) in [6, 6.07) is 11.8. The number of aryl methyl sites for hydroxylation is 2. The Hall–Kier alpha value is -3.06. The molecule has 0 aliphatic carbocycles. The van der Waals surface area contributed by atoms with Crippen LogP contribution in [0.5, 0.6) is 0 Å². The summed E-state index contributed by atoms with van der Waals surface area (Å²) in [6.07, 6.45) is 5.65. The van der Waals surface area contributed by atoms with Crippen molar-refractivity contribution in [3.8, 4) is 11.3 Å². The van der Waals surface area contributed by atoms with Crippen LogP contribution in [0.2, 0.25) is 0 Å². The maximum atomic E-state index is 12.6. The molecule has 0 bridgehead atoms. The number of fused-ring (bicyclic) bond motifs is 1. The monoisotopic (exact) mass is 377 g/mol. The predicted octanol–water partition coefficient (Wildman–Crippen LogP) is 4.37. The number of nitrogens with zero attached hydrogens (tertiary/aromatic N) is 4. The molecule has 6 nitrogen and oxygen atoms in total. The van der Waals surface area contributed by atoms with Gasteiger partial charge in [0, 0.05) is 23.6 Å². The highest BCUT2D eigenvalue weighted by Gasteiger charge is 2.16. The number of carbonyl (C=O) groups excluding carboxylic acids is 1. The van der Waals surface area contributed by atoms with Gasteiger partial charge in [0.2, 0.25) is 0 Å². The van der Waals surface area contributed by atoms with Gasteiger partial charge in [-0.05, 0) is 48.6 Å². The summed E-state index contributed by atoms with van der Waals surface area (Å²) in [6.45, 7) is 4.10. The van der Waals surface area contributed by atoms with Gasteiger partial charge in [-0.15, -0.1) is 5.10 Å². The van der Waals surface area contributed by atoms with Gasteiger partial charge in [0.25, 0.3) is 5.91 Å². The molecule has 0 saturated heterocycles. The average Bonchev–Trinajstić information content (AvgIpc) is 3.30. The predicted molar refractivity (Wildman–Crippen MR) is 107 cm³/mol. The van der Waals surface area contributed by atoms with Crippen molar-refractivity contribution < 1.29 is 4.79 Å². The molecule has 0 fully saturated rings. The molecular weight excluding hydrogens is 358 g/mol. The Labute approximate surface area is 161 Å². The number of pyridine rings is 1. The molecule has 0 saturated carbocycles. The maximum Gasteiger partial charge on any atom is 0.269 e. The number of aromatic nitrogens is 4. The van der Waals surface area contributed by atoms with Gasteiger partial charge in [0.05, 0.1) is 11.4 Å². The number of imidazole rings is 1. The quantitative estimate of drug-likeness (QED) is 0.561. The van der Waals surface area contributed by atoms with Crippen molar-refractivity contribution in [2.45, 2.75) is 26.7 Å². The van der Waals surface area contributed by atoms with E-state index in [4.69, 9.17) is 4.98 Å². The maximum absolute atomic E-state index is 12.6. The number of benzene rings is 1. The molecule has 1 aromatic carbocycles. The van der Waals surface area contributed by atoms with Crippen molar-refractivity contribution in [1.82, 2.24) is 19.0 Å². The molecule has 0 unspecified atom stereocenters. The molecule has 4 rings (SSSR count). The fourth-order valence-corrected chi connectivity index (χ4v) is 3.62. The van der Waals surface area contributed by atoms with E-state index in [1.165, 1.54) is 0 Å². The Balaban J connectivity index is 1.61. The van der Waals surface area contributed by atoms with E-state index < -0.39 is 0 Å². The second kappa shape index (κ2) is 7.28. The number of hydrogen-bond acceptors (Lipinski definition) is 5. The molecule has 1 N–H and O–H groups in total. The molecule has 0 radical (unpaired) electrons. The summed E-state index contributed by atoms with van der Waals surface area (Å²) in [5.41, 5.74) is 5.35. The third-order valence-corrected chi connectivity index (χ3v) is 5.11. The summed E-state index contributed by atoms with van der Waals surface area (Å²) < 4.78 is 5.93. The lowest BCUT2D eigenvalue weighted by atomic mass is 10.1. The number of amides is 1. The normalized spacial score (nSPS) is 11.0. The highest BCUT2D eigenvalue weighted by atomic mass is 32.1. The Morgan fingerprint density at radius 2 is 2.15 bits per heavy atom. The van der Waals surface area contributed by atoms with E-state index in [1.807, 2.05) is 60.1 Å². The van der Waals surface area contributed by atoms with E-state index in [2.05, 4.69) is 21.8 Å². The minimum Gasteiger partial charge on any atom is -0.321 e. The molecule has 0 aliphatic heterocycles. The van der Waals surface area contributed by atoms with E-state index >= 15 is 0 Å². The first-order valence-electron chi connectivity index (χ1n) is 8.83. The zero-order valence-electron chi connectivity index (χ0n) is 15.1. The topological polar surface area (TPSA) is 72.2 Å². The standard InChI is InChI=1S/C20H19N5OS/c1-3-6-16-18(27-24-23-16)20(26)21-15-9-4-8-14(11-15)17-12-25-10-5-7-13(2)19(25)22-17/h4-5,7-12H,3,6H2,1-2H3,(H,21,26). The molecule has 3 heterocycles. The van der Waals surface area contributed by atoms with E-state index in [-0.39, 0.29) is 5.91 Å². The molecule has 1 amide bonds. The van der Waals surface area contributed by atoms with E-state index in [9.17, 15) is 4.79 Å². The highest BCUT2D eigenvalue weighted by Crippen LogP contribution is 2.24. The molecule has 3 aromatic heterocycles. The van der Waals surface area contributed by atoms with Crippen molar-refractivity contribution in [1.29, 1.82) is 0 Å². The molecule has 0 spiro atoms. The first kappa shape index (κ1) is 17.4. The van der Waals surface area contributed by atoms with Crippen LogP contribution >= 0.6 is 11.5 Å². The number of anilines is 1. The minimum absolute atomic E-state index is 0.170. The van der Waals surface area contributed by atoms with Crippen molar-refractivity contribution in [2.75, 3.05) is 5.32 Å². The lowest BCUT2D eigenvalue weighted by molar-refractivity contribution is 0.102. The summed E-state index contributed by atoms with van der Waals surface area (Å²) in [4.78, 5) is 17.9. The number of rotatable bonds is 5. The highest BCUT2D eigenvalue weighted by molar-refractivity contribution is 7.08. The lowest BCUT2D eigenvalue weighted by Gasteiger charge is -2.06. The van der Waals surface area contributed by atoms with Crippen molar-refractivity contribution >= 4 is 28.8 Å². The largest absolute Gasteiger partial charge is 0.321 e. The van der Waals surface area contributed by atoms with Crippen LogP contribution in [0.25, 0.3) is 16.9 Å². The zero-order valence-corrected chi connectivity index (χ0v) is 16.0. The van der Waals surface area contributed by atoms with Gasteiger partial charge in [-0.1, -0.05) is 36.0 Å². The summed E-state index contributed by atoms with van der Waals surface area (Å²) >= 11 is 1.13. The van der Waals surface area contributed by atoms with Crippen LogP contribution in [-0.2, 0) is 6.42 Å². The molecule has 0 aliphatic rings. The van der Waals surface area contributed by atoms with Crippen LogP contribution in [0.1, 0.15) is 34.3 Å². The SMILES string of the molecule is CCCc1nnsc1C(=O)Nc1cccc(-c2cn3cccc(C)c3n2)c1. The average molecular weight is 377 g/mol. The second-order valence-corrected chi connectivity index (χ2v) is 7.14. The van der Waals surface area contributed by atoms with Gasteiger partial charge < -0.3 is 9.72 Å². The van der Waals surface area contributed by atoms with Crippen LogP contribution in [0.3, 0.4) is 0 Å². The van der Waals surface area contributed by atoms with Gasteiger partial charge in [-0.3, -0.25) is 4.79 Å². The third kappa shape index (κ3) is 3.46. The first-order chi connectivity index (χ1) is 13.2. The molecule has 4 aromatic rings. The molecular formula is C20H19N5OS. The molecule has 136 valence electrons. The van der Waals surface area contributed by atoms with Gasteiger partial charge in [-0.2, -0.15) is 0 Å². The van der Waals surface area contributed by atoms with Crippen LogP contribution in [0.15, 0.2) is 48.8 Å². The van der Waals surface area contributed by atoms with Crippen molar-refractivity contribution in [2.24, 2.45) is 0 Å². The van der Waals surface area contributed by atoms with Gasteiger partial charge in [0.15, 0.2) is 0 Å². The molecule has 7 heteroatoms. The van der Waals surface area contributed by atoms with E-state index in [0.29, 0.717) is 4.88 Å². The minimum atomic E-state index is -0.170. The van der Waals surface area contributed by atoms with E-state index in [0.717, 1.165) is 58.2 Å². The fraction of sp³-hybridized carbons (Fsp3) is 0.200. The van der Waals surface area contributed by atoms with Crippen molar-refractivity contribution in [3.05, 3.63) is 64.9 Å². The van der Waals surface area contributed by atoms with Gasteiger partial charge in [-0.25, -0.2) is 4.98 Å². The molecule has 0 atom stereocenters. The van der Waals surface area contributed by atoms with Gasteiger partial charge in [0.1, 0.15) is 10.5 Å². The van der Waals surface area contributed by atoms with Crippen LogP contribution in [0, 0.1) is 6.92 Å². The Morgan fingerprint density at radius 1 is 1.26 bits per heavy atom. The van der Waals surface area contributed by atoms with Gasteiger partial charge >= 0.3 is 0 Å². The zero-order chi connectivity index (χ0) is 18.8. The number of carbonyl (C=O) groups is 1. The van der Waals surface area contributed by atoms with Crippen LogP contribution in [0.4, 0.5) is 5.69 Å². The third-order valence-electron chi connectivity index (χ3n) is 4.34. The van der Waals surface area contributed by atoms with Crippen LogP contribution in [-0.4, -0.2) is 24.9 Å². The Kier molecular flexibility index (Phi) is 4.68. The summed E-state index contributed by atoms with van der Waals surface area (Å²) in [5.74, 6) is -0.170. The summed E-state index contributed by atoms with van der Waals surface area (Å²) in [7, 11) is 0. The fourth-order valence-electron chi connectivity index (χ4n) is 3.02. The smallest absolute Gasteiger partial charge is 0.269 e. The number of hydrogen-bond donors (Lipinski definition) is 1. The lowest BCUT2D eigenvalue weighted by Crippen LogP contribution is -2.12. The Bertz CT molecular complexity index is 1110. The van der Waals surface area contributed by atoms with E-state index in [1.54, 1.807) is 0 Å². The second-order valence-electron chi connectivity index (χ2n) is 6.38. The number of nitrogens with one attached hydrogen (secondary N) is 1. The first-order valence-corrected chi connectivity index (χ1v) is 9.60. The van der Waals surface area contributed by atoms with Crippen molar-refractivity contribution in [3.63, 3.8) is 0 Å². The summed E-state index contributed by atoms with van der Waals surface area (Å²) in [5, 5.41) is 7.02. The van der Waals surface area contributed by atoms with Crippen LogP contribution < -0.4 is 5.32 Å². The Morgan fingerprint density at radius 3 is 2.96 bits per heavy atom.